The molecule has 1 amide bonds. The zero-order chi connectivity index (χ0) is 13.1. The maximum Gasteiger partial charge on any atom is 0.240 e. The third-order valence-corrected chi connectivity index (χ3v) is 3.47. The Morgan fingerprint density at radius 2 is 2.00 bits per heavy atom. The topological polar surface area (TPSA) is 84.5 Å². The lowest BCUT2D eigenvalue weighted by atomic mass is 10.3. The summed E-state index contributed by atoms with van der Waals surface area (Å²) in [5, 5.41) is 2.50. The second-order valence-electron chi connectivity index (χ2n) is 3.25. The zero-order valence-electron chi connectivity index (χ0n) is 9.77. The van der Waals surface area contributed by atoms with Crippen molar-refractivity contribution in [3.8, 4) is 5.75 Å². The number of amides is 1. The minimum absolute atomic E-state index is 0.0598. The van der Waals surface area contributed by atoms with Gasteiger partial charge in [0.2, 0.25) is 15.9 Å². The highest BCUT2D eigenvalue weighted by atomic mass is 32.2. The Bertz CT molecular complexity index is 525. The van der Waals surface area contributed by atoms with Gasteiger partial charge in [-0.2, -0.15) is 0 Å². The molecule has 0 heterocycles. The van der Waals surface area contributed by atoms with Gasteiger partial charge >= 0.3 is 0 Å². The smallest absolute Gasteiger partial charge is 0.240 e. The summed E-state index contributed by atoms with van der Waals surface area (Å²) in [6.45, 7) is 1.33. The van der Waals surface area contributed by atoms with Gasteiger partial charge in [-0.15, -0.1) is 0 Å². The number of nitrogens with one attached hydrogen (secondary N) is 2. The predicted molar refractivity (Wildman–Crippen MR) is 63.5 cm³/mol. The first-order valence-electron chi connectivity index (χ1n) is 4.80. The summed E-state index contributed by atoms with van der Waals surface area (Å²) >= 11 is 0. The van der Waals surface area contributed by atoms with Gasteiger partial charge in [0.15, 0.2) is 0 Å². The van der Waals surface area contributed by atoms with Crippen molar-refractivity contribution in [2.45, 2.75) is 11.8 Å². The maximum atomic E-state index is 11.6. The standard InChI is InChI=1S/C10H14N2O4S/c1-7(13)12-9-6-8(17(14,15)11-2)4-5-10(9)16-3/h4-6,11H,1-3H3,(H,12,13). The van der Waals surface area contributed by atoms with Crippen LogP contribution in [-0.4, -0.2) is 28.5 Å². The SMILES string of the molecule is CNS(=O)(=O)c1ccc(OC)c(NC(C)=O)c1. The number of sulfonamides is 1. The van der Waals surface area contributed by atoms with Crippen molar-refractivity contribution in [2.75, 3.05) is 19.5 Å². The van der Waals surface area contributed by atoms with Gasteiger partial charge in [-0.3, -0.25) is 4.79 Å². The zero-order valence-corrected chi connectivity index (χ0v) is 10.6. The quantitative estimate of drug-likeness (QED) is 0.826. The Morgan fingerprint density at radius 3 is 2.47 bits per heavy atom. The summed E-state index contributed by atoms with van der Waals surface area (Å²) in [5.41, 5.74) is 0.316. The van der Waals surface area contributed by atoms with E-state index in [2.05, 4.69) is 10.0 Å². The van der Waals surface area contributed by atoms with Crippen molar-refractivity contribution in [1.82, 2.24) is 4.72 Å². The molecule has 0 saturated heterocycles. The Hall–Kier alpha value is -1.60. The van der Waals surface area contributed by atoms with Crippen LogP contribution in [0.1, 0.15) is 6.92 Å². The Labute approximate surface area is 100 Å². The van der Waals surface area contributed by atoms with Crippen molar-refractivity contribution in [2.24, 2.45) is 0 Å². The Morgan fingerprint density at radius 1 is 1.35 bits per heavy atom. The average Bonchev–Trinajstić information content (AvgIpc) is 2.28. The van der Waals surface area contributed by atoms with Gasteiger partial charge in [0.05, 0.1) is 17.7 Å². The summed E-state index contributed by atoms with van der Waals surface area (Å²) in [6, 6.07) is 4.22. The lowest BCUT2D eigenvalue weighted by Crippen LogP contribution is -2.19. The monoisotopic (exact) mass is 258 g/mol. The van der Waals surface area contributed by atoms with E-state index in [1.807, 2.05) is 0 Å². The molecule has 1 aromatic rings. The first kappa shape index (κ1) is 13.5. The van der Waals surface area contributed by atoms with Crippen LogP contribution in [0.4, 0.5) is 5.69 Å². The normalized spacial score (nSPS) is 11.0. The third kappa shape index (κ3) is 3.18. The molecule has 94 valence electrons. The van der Waals surface area contributed by atoms with E-state index in [9.17, 15) is 13.2 Å². The third-order valence-electron chi connectivity index (χ3n) is 2.06. The molecule has 0 aliphatic carbocycles. The molecule has 0 saturated carbocycles. The fourth-order valence-corrected chi connectivity index (χ4v) is 2.02. The molecule has 0 aliphatic heterocycles. The largest absolute Gasteiger partial charge is 0.495 e. The molecule has 17 heavy (non-hydrogen) atoms. The van der Waals surface area contributed by atoms with Crippen molar-refractivity contribution >= 4 is 21.6 Å². The molecule has 1 rings (SSSR count). The van der Waals surface area contributed by atoms with Crippen LogP contribution in [0.5, 0.6) is 5.75 Å². The molecule has 7 heteroatoms. The van der Waals surface area contributed by atoms with Crippen molar-refractivity contribution in [3.63, 3.8) is 0 Å². The van der Waals surface area contributed by atoms with E-state index >= 15 is 0 Å². The fourth-order valence-electron chi connectivity index (χ4n) is 1.26. The minimum atomic E-state index is -3.54. The van der Waals surface area contributed by atoms with Crippen LogP contribution >= 0.6 is 0 Å². The van der Waals surface area contributed by atoms with Crippen LogP contribution in [0.15, 0.2) is 23.1 Å². The maximum absolute atomic E-state index is 11.6. The second kappa shape index (κ2) is 5.15. The number of hydrogen-bond acceptors (Lipinski definition) is 4. The van der Waals surface area contributed by atoms with Gasteiger partial charge in [-0.25, -0.2) is 13.1 Å². The molecule has 0 radical (unpaired) electrons. The van der Waals surface area contributed by atoms with E-state index in [0.717, 1.165) is 0 Å². The first-order chi connectivity index (χ1) is 7.90. The molecule has 1 aromatic carbocycles. The van der Waals surface area contributed by atoms with Gasteiger partial charge in [0, 0.05) is 6.92 Å². The summed E-state index contributed by atoms with van der Waals surface area (Å²) in [6.07, 6.45) is 0. The van der Waals surface area contributed by atoms with Gasteiger partial charge in [0.1, 0.15) is 5.75 Å². The van der Waals surface area contributed by atoms with Crippen LogP contribution in [-0.2, 0) is 14.8 Å². The molecule has 0 unspecified atom stereocenters. The highest BCUT2D eigenvalue weighted by Crippen LogP contribution is 2.27. The van der Waals surface area contributed by atoms with Crippen molar-refractivity contribution < 1.29 is 17.9 Å². The molecule has 0 aliphatic rings. The number of ether oxygens (including phenoxy) is 1. The number of methoxy groups -OCH3 is 1. The lowest BCUT2D eigenvalue weighted by molar-refractivity contribution is -0.114. The molecule has 6 nitrogen and oxygen atoms in total. The average molecular weight is 258 g/mol. The lowest BCUT2D eigenvalue weighted by Gasteiger charge is -2.10. The van der Waals surface area contributed by atoms with Crippen LogP contribution in [0.25, 0.3) is 0 Å². The van der Waals surface area contributed by atoms with E-state index in [-0.39, 0.29) is 10.8 Å². The molecule has 0 spiro atoms. The van der Waals surface area contributed by atoms with Crippen LogP contribution < -0.4 is 14.8 Å². The molecular weight excluding hydrogens is 244 g/mol. The second-order valence-corrected chi connectivity index (χ2v) is 5.14. The number of anilines is 1. The van der Waals surface area contributed by atoms with E-state index in [0.29, 0.717) is 11.4 Å². The number of carbonyl (C=O) groups excluding carboxylic acids is 1. The molecule has 2 N–H and O–H groups in total. The predicted octanol–water partition coefficient (Wildman–Crippen LogP) is 0.562. The minimum Gasteiger partial charge on any atom is -0.495 e. The van der Waals surface area contributed by atoms with Gasteiger partial charge in [0.25, 0.3) is 0 Å². The highest BCUT2D eigenvalue weighted by Gasteiger charge is 2.14. The first-order valence-corrected chi connectivity index (χ1v) is 6.28. The van der Waals surface area contributed by atoms with E-state index < -0.39 is 10.0 Å². The Balaban J connectivity index is 3.27. The van der Waals surface area contributed by atoms with Crippen LogP contribution in [0.2, 0.25) is 0 Å². The fraction of sp³-hybridized carbons (Fsp3) is 0.300. The number of carbonyl (C=O) groups is 1. The van der Waals surface area contributed by atoms with E-state index in [1.165, 1.54) is 39.3 Å². The van der Waals surface area contributed by atoms with E-state index in [1.54, 1.807) is 0 Å². The summed E-state index contributed by atoms with van der Waals surface area (Å²) in [5.74, 6) is 0.0950. The van der Waals surface area contributed by atoms with Crippen LogP contribution in [0.3, 0.4) is 0 Å². The Kier molecular flexibility index (Phi) is 4.08. The summed E-state index contributed by atoms with van der Waals surface area (Å²) in [4.78, 5) is 11.0. The van der Waals surface area contributed by atoms with Gasteiger partial charge in [-0.1, -0.05) is 0 Å². The van der Waals surface area contributed by atoms with Crippen molar-refractivity contribution in [1.29, 1.82) is 0 Å². The van der Waals surface area contributed by atoms with Gasteiger partial charge < -0.3 is 10.1 Å². The molecule has 0 bridgehead atoms. The van der Waals surface area contributed by atoms with Gasteiger partial charge in [-0.05, 0) is 25.2 Å². The van der Waals surface area contributed by atoms with E-state index in [4.69, 9.17) is 4.74 Å². The highest BCUT2D eigenvalue weighted by molar-refractivity contribution is 7.89. The molecule has 0 aromatic heterocycles. The number of hydrogen-bond donors (Lipinski definition) is 2. The molecule has 0 fully saturated rings. The molecule has 0 atom stereocenters. The summed E-state index contributed by atoms with van der Waals surface area (Å²) in [7, 11) is -0.784. The number of rotatable bonds is 4. The van der Waals surface area contributed by atoms with Crippen molar-refractivity contribution in [3.05, 3.63) is 18.2 Å². The van der Waals surface area contributed by atoms with Crippen LogP contribution in [0, 0.1) is 0 Å². The number of benzene rings is 1. The summed E-state index contributed by atoms with van der Waals surface area (Å²) < 4.78 is 30.4. The molecular formula is C10H14N2O4S.